The van der Waals surface area contributed by atoms with Crippen LogP contribution in [0.15, 0.2) is 47.0 Å². The topological polar surface area (TPSA) is 107 Å². The van der Waals surface area contributed by atoms with Gasteiger partial charge in [0, 0.05) is 5.56 Å². The minimum atomic E-state index is -0.644. The molecule has 2 aromatic rings. The summed E-state index contributed by atoms with van der Waals surface area (Å²) >= 11 is 0. The number of imide groups is 1. The van der Waals surface area contributed by atoms with Gasteiger partial charge in [-0.05, 0) is 63.1 Å². The molecule has 9 heteroatoms. The fourth-order valence-electron chi connectivity index (χ4n) is 3.42. The molecule has 34 heavy (non-hydrogen) atoms. The third kappa shape index (κ3) is 5.48. The number of methoxy groups -OCH3 is 1. The predicted octanol–water partition coefficient (Wildman–Crippen LogP) is 4.07. The standard InChI is InChI=1S/C25H28N2O7/c1-6-8-17-11-16(13-21(32-7-2)22(17)33-15(3)4)12-19-23(28)27(25(30)26-19)14-18-9-10-20(34-18)24(29)31-5/h6,9-13,15H,1,7-8,14H2,2-5H3,(H,26,30). The Morgan fingerprint density at radius 1 is 1.26 bits per heavy atom. The highest BCUT2D eigenvalue weighted by Crippen LogP contribution is 2.35. The fourth-order valence-corrected chi connectivity index (χ4v) is 3.42. The fraction of sp³-hybridized carbons (Fsp3) is 0.320. The SMILES string of the molecule is C=CCc1cc(C=C2NC(=O)N(Cc3ccc(C(=O)OC)o3)C2=O)cc(OCC)c1OC(C)C. The van der Waals surface area contributed by atoms with E-state index in [1.54, 1.807) is 18.2 Å². The van der Waals surface area contributed by atoms with Crippen LogP contribution in [0.25, 0.3) is 6.08 Å². The molecule has 1 aromatic carbocycles. The molecule has 0 saturated carbocycles. The van der Waals surface area contributed by atoms with E-state index in [1.807, 2.05) is 26.8 Å². The minimum Gasteiger partial charge on any atom is -0.490 e. The minimum absolute atomic E-state index is 0.0118. The zero-order valence-electron chi connectivity index (χ0n) is 19.7. The Bertz CT molecular complexity index is 1130. The van der Waals surface area contributed by atoms with Crippen molar-refractivity contribution < 1.29 is 33.0 Å². The Hall–Kier alpha value is -4.01. The molecule has 0 atom stereocenters. The van der Waals surface area contributed by atoms with Crippen LogP contribution >= 0.6 is 0 Å². The second kappa shape index (κ2) is 10.7. The molecule has 2 heterocycles. The van der Waals surface area contributed by atoms with Gasteiger partial charge in [-0.3, -0.25) is 9.69 Å². The highest BCUT2D eigenvalue weighted by Gasteiger charge is 2.34. The average Bonchev–Trinajstić information content (AvgIpc) is 3.36. The quantitative estimate of drug-likeness (QED) is 0.242. The molecule has 1 aliphatic rings. The zero-order chi connectivity index (χ0) is 24.8. The lowest BCUT2D eigenvalue weighted by Gasteiger charge is -2.19. The first-order chi connectivity index (χ1) is 16.3. The first kappa shape index (κ1) is 24.6. The summed E-state index contributed by atoms with van der Waals surface area (Å²) in [4.78, 5) is 38.0. The van der Waals surface area contributed by atoms with Gasteiger partial charge in [0.25, 0.3) is 5.91 Å². The van der Waals surface area contributed by atoms with E-state index in [4.69, 9.17) is 13.9 Å². The molecule has 9 nitrogen and oxygen atoms in total. The van der Waals surface area contributed by atoms with Crippen LogP contribution in [0, 0.1) is 0 Å². The van der Waals surface area contributed by atoms with Crippen LogP contribution in [-0.2, 0) is 22.5 Å². The molecule has 1 aliphatic heterocycles. The summed E-state index contributed by atoms with van der Waals surface area (Å²) in [5, 5.41) is 2.59. The number of hydrogen-bond donors (Lipinski definition) is 1. The lowest BCUT2D eigenvalue weighted by molar-refractivity contribution is -0.123. The number of urea groups is 1. The summed E-state index contributed by atoms with van der Waals surface area (Å²) in [6.07, 6.45) is 3.81. The van der Waals surface area contributed by atoms with Crippen LogP contribution in [0.1, 0.15) is 48.2 Å². The van der Waals surface area contributed by atoms with Crippen molar-refractivity contribution in [2.45, 2.75) is 39.8 Å². The lowest BCUT2D eigenvalue weighted by atomic mass is 10.0. The number of carbonyl (C=O) groups excluding carboxylic acids is 3. The van der Waals surface area contributed by atoms with E-state index < -0.39 is 17.9 Å². The number of nitrogens with zero attached hydrogens (tertiary/aromatic N) is 1. The van der Waals surface area contributed by atoms with Crippen LogP contribution < -0.4 is 14.8 Å². The van der Waals surface area contributed by atoms with Gasteiger partial charge in [0.05, 0.1) is 26.4 Å². The van der Waals surface area contributed by atoms with Crippen molar-refractivity contribution in [2.24, 2.45) is 0 Å². The monoisotopic (exact) mass is 468 g/mol. The molecule has 1 aromatic heterocycles. The van der Waals surface area contributed by atoms with Crippen LogP contribution in [-0.4, -0.2) is 42.6 Å². The van der Waals surface area contributed by atoms with Crippen molar-refractivity contribution in [1.29, 1.82) is 0 Å². The maximum atomic E-state index is 12.9. The van der Waals surface area contributed by atoms with Gasteiger partial charge in [-0.1, -0.05) is 6.08 Å². The number of carbonyl (C=O) groups is 3. The van der Waals surface area contributed by atoms with Gasteiger partial charge in [-0.2, -0.15) is 0 Å². The highest BCUT2D eigenvalue weighted by molar-refractivity contribution is 6.13. The van der Waals surface area contributed by atoms with Gasteiger partial charge < -0.3 is 23.9 Å². The van der Waals surface area contributed by atoms with Crippen molar-refractivity contribution in [3.63, 3.8) is 0 Å². The molecule has 1 N–H and O–H groups in total. The van der Waals surface area contributed by atoms with Crippen LogP contribution in [0.2, 0.25) is 0 Å². The van der Waals surface area contributed by atoms with Crippen LogP contribution in [0.5, 0.6) is 11.5 Å². The number of rotatable bonds is 10. The first-order valence-electron chi connectivity index (χ1n) is 10.9. The molecule has 3 amide bonds. The van der Waals surface area contributed by atoms with Crippen molar-refractivity contribution in [3.05, 3.63) is 65.3 Å². The number of esters is 1. The molecule has 0 spiro atoms. The smallest absolute Gasteiger partial charge is 0.373 e. The van der Waals surface area contributed by atoms with Crippen molar-refractivity contribution in [2.75, 3.05) is 13.7 Å². The summed E-state index contributed by atoms with van der Waals surface area (Å²) in [7, 11) is 1.23. The van der Waals surface area contributed by atoms with E-state index >= 15 is 0 Å². The average molecular weight is 469 g/mol. The number of amides is 3. The molecule has 0 aliphatic carbocycles. The molecule has 1 saturated heterocycles. The number of ether oxygens (including phenoxy) is 3. The Morgan fingerprint density at radius 3 is 2.68 bits per heavy atom. The predicted molar refractivity (Wildman–Crippen MR) is 124 cm³/mol. The van der Waals surface area contributed by atoms with E-state index in [9.17, 15) is 14.4 Å². The number of nitrogens with one attached hydrogen (secondary N) is 1. The molecule has 0 radical (unpaired) electrons. The molecule has 0 unspecified atom stereocenters. The highest BCUT2D eigenvalue weighted by atomic mass is 16.5. The van der Waals surface area contributed by atoms with Gasteiger partial charge in [-0.15, -0.1) is 6.58 Å². The number of hydrogen-bond acceptors (Lipinski definition) is 7. The lowest BCUT2D eigenvalue weighted by Crippen LogP contribution is -2.30. The maximum absolute atomic E-state index is 12.9. The number of allylic oxidation sites excluding steroid dienone is 1. The Kier molecular flexibility index (Phi) is 7.78. The molecular weight excluding hydrogens is 440 g/mol. The first-order valence-corrected chi connectivity index (χ1v) is 10.9. The Labute approximate surface area is 198 Å². The third-order valence-corrected chi connectivity index (χ3v) is 4.81. The zero-order valence-corrected chi connectivity index (χ0v) is 19.7. The summed E-state index contributed by atoms with van der Waals surface area (Å²) < 4.78 is 21.7. The van der Waals surface area contributed by atoms with Crippen LogP contribution in [0.4, 0.5) is 4.79 Å². The van der Waals surface area contributed by atoms with E-state index in [1.165, 1.54) is 19.2 Å². The summed E-state index contributed by atoms with van der Waals surface area (Å²) in [6.45, 7) is 9.84. The molecular formula is C25H28N2O7. The van der Waals surface area contributed by atoms with Gasteiger partial charge >= 0.3 is 12.0 Å². The largest absolute Gasteiger partial charge is 0.490 e. The molecule has 1 fully saturated rings. The number of furan rings is 1. The summed E-state index contributed by atoms with van der Waals surface area (Å²) in [5.74, 6) is 0.263. The van der Waals surface area contributed by atoms with E-state index in [-0.39, 0.29) is 29.9 Å². The second-order valence-electron chi connectivity index (χ2n) is 7.74. The third-order valence-electron chi connectivity index (χ3n) is 4.81. The van der Waals surface area contributed by atoms with E-state index in [2.05, 4.69) is 16.6 Å². The molecule has 3 rings (SSSR count). The van der Waals surface area contributed by atoms with E-state index in [0.717, 1.165) is 10.5 Å². The summed E-state index contributed by atoms with van der Waals surface area (Å²) in [6, 6.07) is 5.97. The van der Waals surface area contributed by atoms with Gasteiger partial charge in [0.1, 0.15) is 11.5 Å². The maximum Gasteiger partial charge on any atom is 0.373 e. The van der Waals surface area contributed by atoms with Gasteiger partial charge in [0.15, 0.2) is 11.5 Å². The van der Waals surface area contributed by atoms with Gasteiger partial charge in [-0.25, -0.2) is 9.59 Å². The normalized spacial score (nSPS) is 14.5. The van der Waals surface area contributed by atoms with Crippen molar-refractivity contribution in [1.82, 2.24) is 10.2 Å². The number of benzene rings is 1. The molecule has 0 bridgehead atoms. The van der Waals surface area contributed by atoms with Crippen LogP contribution in [0.3, 0.4) is 0 Å². The Morgan fingerprint density at radius 2 is 2.03 bits per heavy atom. The summed E-state index contributed by atoms with van der Waals surface area (Å²) in [5.41, 5.74) is 1.61. The van der Waals surface area contributed by atoms with E-state index in [0.29, 0.717) is 30.1 Å². The Balaban J connectivity index is 1.89. The van der Waals surface area contributed by atoms with Crippen molar-refractivity contribution >= 4 is 24.0 Å². The van der Waals surface area contributed by atoms with Crippen molar-refractivity contribution in [3.8, 4) is 11.5 Å². The second-order valence-corrected chi connectivity index (χ2v) is 7.74. The molecule has 180 valence electrons. The van der Waals surface area contributed by atoms with Gasteiger partial charge in [0.2, 0.25) is 5.76 Å².